The summed E-state index contributed by atoms with van der Waals surface area (Å²) in [7, 11) is 1.72. The van der Waals surface area contributed by atoms with Crippen molar-refractivity contribution in [1.82, 2.24) is 0 Å². The summed E-state index contributed by atoms with van der Waals surface area (Å²) in [5.41, 5.74) is 5.13. The van der Waals surface area contributed by atoms with Gasteiger partial charge in [0.05, 0.1) is 13.2 Å². The molecule has 150 valence electrons. The molecule has 0 atom stereocenters. The average molecular weight is 394 g/mol. The summed E-state index contributed by atoms with van der Waals surface area (Å²) in [6.45, 7) is 4.10. The monoisotopic (exact) mass is 393 g/mol. The normalized spacial score (nSPS) is 11.7. The third-order valence-electron chi connectivity index (χ3n) is 4.51. The quantitative estimate of drug-likeness (QED) is 0.185. The molecular weight excluding hydrogens is 366 g/mol. The fraction of sp³-hybridized carbons (Fsp3) is 0.143. The van der Waals surface area contributed by atoms with Crippen molar-refractivity contribution in [2.45, 2.75) is 19.9 Å². The number of benzene rings is 3. The Hall–Kier alpha value is -3.61. The van der Waals surface area contributed by atoms with Crippen molar-refractivity contribution in [2.75, 3.05) is 7.11 Å². The maximum absolute atomic E-state index is 5.86. The number of methoxy groups -OCH3 is 1. The van der Waals surface area contributed by atoms with E-state index in [1.807, 2.05) is 68.4 Å². The van der Waals surface area contributed by atoms with Gasteiger partial charge in [0.25, 0.3) is 0 Å². The van der Waals surface area contributed by atoms with Crippen LogP contribution in [0.15, 0.2) is 108 Å². The molecule has 0 bridgehead atoms. The van der Waals surface area contributed by atoms with Crippen molar-refractivity contribution < 1.29 is 4.74 Å². The molecule has 3 aromatic rings. The molecule has 2 nitrogen and oxygen atoms in total. The van der Waals surface area contributed by atoms with Crippen LogP contribution in [0.25, 0.3) is 16.9 Å². The largest absolute Gasteiger partial charge is 0.495 e. The molecule has 0 radical (unpaired) electrons. The fourth-order valence-corrected chi connectivity index (χ4v) is 3.07. The van der Waals surface area contributed by atoms with Crippen LogP contribution in [0.5, 0.6) is 0 Å². The minimum atomic E-state index is 0.181. The molecule has 0 amide bonds. The second kappa shape index (κ2) is 10.8. The number of allylic oxidation sites excluding steroid dienone is 4. The highest BCUT2D eigenvalue weighted by Crippen LogP contribution is 2.29. The highest BCUT2D eigenvalue weighted by Gasteiger charge is 2.10. The van der Waals surface area contributed by atoms with E-state index in [2.05, 4.69) is 59.4 Å². The van der Waals surface area contributed by atoms with Crippen LogP contribution in [0.4, 0.5) is 0 Å². The van der Waals surface area contributed by atoms with Gasteiger partial charge >= 0.3 is 0 Å². The second-order valence-electron chi connectivity index (χ2n) is 7.13. The van der Waals surface area contributed by atoms with Crippen molar-refractivity contribution in [1.29, 1.82) is 0 Å². The Morgan fingerprint density at radius 1 is 0.733 bits per heavy atom. The smallest absolute Gasteiger partial charge is 0.133 e. The Balaban J connectivity index is 2.16. The molecule has 0 aliphatic rings. The van der Waals surface area contributed by atoms with Gasteiger partial charge in [-0.15, -0.1) is 0 Å². The van der Waals surface area contributed by atoms with E-state index in [-0.39, 0.29) is 6.04 Å². The number of rotatable bonds is 7. The molecule has 2 heteroatoms. The zero-order valence-electron chi connectivity index (χ0n) is 17.7. The van der Waals surface area contributed by atoms with E-state index in [0.29, 0.717) is 0 Å². The number of hydrogen-bond acceptors (Lipinski definition) is 2. The molecule has 3 rings (SSSR count). The molecule has 3 aromatic carbocycles. The summed E-state index contributed by atoms with van der Waals surface area (Å²) in [5.74, 6) is 4.06. The minimum absolute atomic E-state index is 0.181. The Bertz CT molecular complexity index is 1060. The molecule has 0 aliphatic heterocycles. The highest BCUT2D eigenvalue weighted by atomic mass is 16.5. The van der Waals surface area contributed by atoms with Gasteiger partial charge in [0, 0.05) is 16.7 Å². The molecule has 0 saturated carbocycles. The fourth-order valence-electron chi connectivity index (χ4n) is 3.07. The third kappa shape index (κ3) is 5.70. The molecule has 0 N–H and O–H groups in total. The summed E-state index contributed by atoms with van der Waals surface area (Å²) in [5, 5.41) is 0. The number of nitrogens with zero attached hydrogens (tertiary/aromatic N) is 1. The van der Waals surface area contributed by atoms with E-state index >= 15 is 0 Å². The number of aliphatic imine (C=N–C) groups is 1. The van der Waals surface area contributed by atoms with Crippen molar-refractivity contribution >= 4 is 22.8 Å². The molecular formula is C28H27NO. The summed E-state index contributed by atoms with van der Waals surface area (Å²) in [6, 6.07) is 30.8. The standard InChI is InChI=1S/C28H27NO/c1-22(2)29-21-26(23-13-7-4-8-14-23)19-20-27(24-15-9-5-10-16-24)28(30-3)25-17-11-6-12-18-25/h4-20,22H,1-3H3/b20-19-,28-27-. The predicted octanol–water partition coefficient (Wildman–Crippen LogP) is 6.92. The average Bonchev–Trinajstić information content (AvgIpc) is 2.80. The first-order valence-electron chi connectivity index (χ1n) is 10.1. The number of ether oxygens (including phenoxy) is 1. The Labute approximate surface area is 179 Å². The summed E-state index contributed by atoms with van der Waals surface area (Å²) >= 11 is 0. The van der Waals surface area contributed by atoms with Crippen LogP contribution in [-0.2, 0) is 4.74 Å². The van der Waals surface area contributed by atoms with E-state index in [4.69, 9.17) is 4.74 Å². The van der Waals surface area contributed by atoms with Gasteiger partial charge in [-0.25, -0.2) is 4.99 Å². The molecule has 0 aliphatic carbocycles. The lowest BCUT2D eigenvalue weighted by molar-refractivity contribution is 0.371. The predicted molar refractivity (Wildman–Crippen MR) is 128 cm³/mol. The first-order valence-corrected chi connectivity index (χ1v) is 10.1. The third-order valence-corrected chi connectivity index (χ3v) is 4.51. The van der Waals surface area contributed by atoms with Gasteiger partial charge in [0.1, 0.15) is 5.76 Å². The van der Waals surface area contributed by atoms with Gasteiger partial charge in [0.15, 0.2) is 0 Å². The van der Waals surface area contributed by atoms with Gasteiger partial charge < -0.3 is 4.74 Å². The molecule has 0 spiro atoms. The van der Waals surface area contributed by atoms with Gasteiger partial charge in [-0.05, 0) is 43.0 Å². The lowest BCUT2D eigenvalue weighted by Gasteiger charge is -2.13. The zero-order chi connectivity index (χ0) is 21.2. The van der Waals surface area contributed by atoms with Crippen LogP contribution in [0.3, 0.4) is 0 Å². The van der Waals surface area contributed by atoms with Gasteiger partial charge in [-0.1, -0.05) is 91.0 Å². The molecule has 0 unspecified atom stereocenters. The van der Waals surface area contributed by atoms with Crippen LogP contribution in [0.2, 0.25) is 0 Å². The lowest BCUT2D eigenvalue weighted by Crippen LogP contribution is -1.94. The van der Waals surface area contributed by atoms with Crippen LogP contribution < -0.4 is 0 Å². The topological polar surface area (TPSA) is 21.6 Å². The Morgan fingerprint density at radius 3 is 1.73 bits per heavy atom. The first-order chi connectivity index (χ1) is 14.7. The van der Waals surface area contributed by atoms with Gasteiger partial charge in [-0.2, -0.15) is 0 Å². The summed E-state index contributed by atoms with van der Waals surface area (Å²) in [6.07, 6.45) is 4.15. The van der Waals surface area contributed by atoms with E-state index in [9.17, 15) is 0 Å². The molecule has 0 saturated heterocycles. The van der Waals surface area contributed by atoms with E-state index < -0.39 is 0 Å². The van der Waals surface area contributed by atoms with Crippen LogP contribution in [0.1, 0.15) is 30.5 Å². The van der Waals surface area contributed by atoms with Crippen molar-refractivity contribution in [3.63, 3.8) is 0 Å². The maximum atomic E-state index is 5.86. The van der Waals surface area contributed by atoms with Crippen molar-refractivity contribution in [3.05, 3.63) is 120 Å². The molecule has 30 heavy (non-hydrogen) atoms. The first kappa shape index (κ1) is 21.1. The van der Waals surface area contributed by atoms with Crippen LogP contribution in [0, 0.1) is 0 Å². The second-order valence-corrected chi connectivity index (χ2v) is 7.13. The summed E-state index contributed by atoms with van der Waals surface area (Å²) in [4.78, 5) is 4.49. The van der Waals surface area contributed by atoms with Crippen molar-refractivity contribution in [2.24, 2.45) is 4.99 Å². The van der Waals surface area contributed by atoms with Crippen molar-refractivity contribution in [3.8, 4) is 0 Å². The molecule has 0 fully saturated rings. The Morgan fingerprint density at radius 2 is 1.23 bits per heavy atom. The van der Waals surface area contributed by atoms with Gasteiger partial charge in [0.2, 0.25) is 0 Å². The highest BCUT2D eigenvalue weighted by molar-refractivity contribution is 5.99. The van der Waals surface area contributed by atoms with Crippen LogP contribution >= 0.6 is 0 Å². The van der Waals surface area contributed by atoms with Crippen LogP contribution in [-0.4, -0.2) is 19.0 Å². The Kier molecular flexibility index (Phi) is 7.60. The lowest BCUT2D eigenvalue weighted by atomic mass is 9.98. The van der Waals surface area contributed by atoms with E-state index in [1.165, 1.54) is 0 Å². The summed E-state index contributed by atoms with van der Waals surface area (Å²) < 4.78 is 5.86. The minimum Gasteiger partial charge on any atom is -0.495 e. The number of hydrogen-bond donors (Lipinski definition) is 0. The van der Waals surface area contributed by atoms with Gasteiger partial charge in [-0.3, -0.25) is 0 Å². The van der Waals surface area contributed by atoms with E-state index in [0.717, 1.165) is 33.6 Å². The maximum Gasteiger partial charge on any atom is 0.133 e. The zero-order valence-corrected chi connectivity index (χ0v) is 17.7. The van der Waals surface area contributed by atoms with E-state index in [1.54, 1.807) is 7.11 Å². The molecule has 0 aromatic heterocycles. The SMILES string of the molecule is CO/C(=C(/C=C\C(=C=NC(C)C)c1ccccc1)c1ccccc1)c1ccccc1. The molecule has 0 heterocycles.